The molecular formula is C28H29FN2O6S. The van der Waals surface area contributed by atoms with Crippen LogP contribution in [0.5, 0.6) is 11.5 Å². The Labute approximate surface area is 222 Å². The molecule has 0 amide bonds. The molecular weight excluding hydrogens is 511 g/mol. The fourth-order valence-electron chi connectivity index (χ4n) is 3.85. The van der Waals surface area contributed by atoms with E-state index in [9.17, 15) is 18.5 Å². The second-order valence-electron chi connectivity index (χ2n) is 9.68. The third-order valence-corrected chi connectivity index (χ3v) is 7.24. The molecule has 2 N–H and O–H groups in total. The molecule has 0 aliphatic rings. The van der Waals surface area contributed by atoms with E-state index in [0.29, 0.717) is 45.8 Å². The number of ether oxygens (including phenoxy) is 2. The molecule has 0 saturated carbocycles. The Morgan fingerprint density at radius 3 is 2.66 bits per heavy atom. The molecule has 0 saturated heterocycles. The summed E-state index contributed by atoms with van der Waals surface area (Å²) < 4.78 is 45.7. The van der Waals surface area contributed by atoms with Crippen LogP contribution in [0.1, 0.15) is 37.6 Å². The van der Waals surface area contributed by atoms with Gasteiger partial charge in [-0.05, 0) is 62.2 Å². The number of carbonyl (C=O) groups is 1. The van der Waals surface area contributed by atoms with Gasteiger partial charge in [0.15, 0.2) is 0 Å². The lowest BCUT2D eigenvalue weighted by Crippen LogP contribution is -2.33. The van der Waals surface area contributed by atoms with Crippen molar-refractivity contribution >= 4 is 27.9 Å². The Morgan fingerprint density at radius 2 is 1.95 bits per heavy atom. The summed E-state index contributed by atoms with van der Waals surface area (Å²) in [5.41, 5.74) is 3.66. The average molecular weight is 541 g/mol. The van der Waals surface area contributed by atoms with Gasteiger partial charge in [-0.25, -0.2) is 8.93 Å². The number of fused-ring (bicyclic) bond motifs is 1. The Kier molecular flexibility index (Phi) is 8.13. The Morgan fingerprint density at radius 1 is 1.16 bits per heavy atom. The molecule has 1 atom stereocenters. The van der Waals surface area contributed by atoms with Gasteiger partial charge in [0.1, 0.15) is 23.7 Å². The number of hydrogen-bond donors (Lipinski definition) is 2. The van der Waals surface area contributed by atoms with Crippen LogP contribution in [0.2, 0.25) is 0 Å². The summed E-state index contributed by atoms with van der Waals surface area (Å²) in [6, 6.07) is 12.8. The van der Waals surface area contributed by atoms with E-state index < -0.39 is 27.7 Å². The van der Waals surface area contributed by atoms with Crippen LogP contribution in [0.15, 0.2) is 59.1 Å². The van der Waals surface area contributed by atoms with E-state index in [1.165, 1.54) is 13.2 Å². The van der Waals surface area contributed by atoms with Gasteiger partial charge in [-0.15, -0.1) is 0 Å². The summed E-state index contributed by atoms with van der Waals surface area (Å²) in [4.78, 5) is 15.7. The van der Waals surface area contributed by atoms with Crippen LogP contribution < -0.4 is 14.2 Å². The smallest absolute Gasteiger partial charge is 0.307 e. The van der Waals surface area contributed by atoms with Gasteiger partial charge >= 0.3 is 5.97 Å². The molecule has 0 bridgehead atoms. The quantitative estimate of drug-likeness (QED) is 0.277. The minimum Gasteiger partial charge on any atom is -0.497 e. The molecule has 38 heavy (non-hydrogen) atoms. The van der Waals surface area contributed by atoms with E-state index in [2.05, 4.69) is 9.71 Å². The lowest BCUT2D eigenvalue weighted by molar-refractivity contribution is -0.136. The molecule has 0 aliphatic heterocycles. The van der Waals surface area contributed by atoms with E-state index in [1.807, 2.05) is 32.9 Å². The van der Waals surface area contributed by atoms with Crippen molar-refractivity contribution in [2.45, 2.75) is 45.1 Å². The molecule has 8 nitrogen and oxygen atoms in total. The van der Waals surface area contributed by atoms with Gasteiger partial charge < -0.3 is 19.0 Å². The summed E-state index contributed by atoms with van der Waals surface area (Å²) in [5.74, 6) is -0.0599. The highest BCUT2D eigenvalue weighted by molar-refractivity contribution is 7.84. The topological polar surface area (TPSA) is 111 Å². The van der Waals surface area contributed by atoms with E-state index >= 15 is 0 Å². The predicted molar refractivity (Wildman–Crippen MR) is 143 cm³/mol. The Balaban J connectivity index is 1.64. The molecule has 0 fully saturated rings. The molecule has 0 spiro atoms. The number of carboxylic acid groups (broad SMARTS) is 1. The lowest BCUT2D eigenvalue weighted by Gasteiger charge is -2.18. The molecule has 4 aromatic rings. The second kappa shape index (κ2) is 11.3. The number of hydrogen-bond acceptors (Lipinski definition) is 6. The van der Waals surface area contributed by atoms with Crippen molar-refractivity contribution in [3.63, 3.8) is 0 Å². The fraction of sp³-hybridized carbons (Fsp3) is 0.286. The standard InChI is InChI=1S/C28H29FN2O6S/c1-28(2,3)38(34)31-15-21-11-18(7-8-30-21)23-10-17(9-20-12-25(29)37-27(20)23)16-36-24-14-22(35-4)6-5-19(24)13-26(32)33/h5-12,14,31H,13,15-16H2,1-4H3,(H,32,33). The maximum Gasteiger partial charge on any atom is 0.307 e. The van der Waals surface area contributed by atoms with Crippen molar-refractivity contribution in [3.05, 3.63) is 77.6 Å². The zero-order chi connectivity index (χ0) is 27.4. The summed E-state index contributed by atoms with van der Waals surface area (Å²) in [6.45, 7) is 6.03. The molecule has 2 aromatic heterocycles. The Hall–Kier alpha value is -3.76. The minimum absolute atomic E-state index is 0.0968. The first-order valence-electron chi connectivity index (χ1n) is 11.9. The molecule has 0 radical (unpaired) electrons. The average Bonchev–Trinajstić information content (AvgIpc) is 3.25. The number of furan rings is 1. The van der Waals surface area contributed by atoms with Crippen LogP contribution in [-0.4, -0.2) is 32.1 Å². The molecule has 2 aromatic carbocycles. The number of halogens is 1. The molecule has 1 unspecified atom stereocenters. The van der Waals surface area contributed by atoms with Crippen LogP contribution in [-0.2, 0) is 35.4 Å². The van der Waals surface area contributed by atoms with Gasteiger partial charge in [-0.3, -0.25) is 9.78 Å². The SMILES string of the molecule is COc1ccc(CC(=O)O)c(OCc2cc(-c3ccnc(CNS(=O)C(C)(C)C)c3)c3oc(F)cc3c2)c1. The molecule has 4 rings (SSSR count). The number of aromatic nitrogens is 1. The van der Waals surface area contributed by atoms with E-state index in [1.54, 1.807) is 36.5 Å². The number of nitrogens with zero attached hydrogens (tertiary/aromatic N) is 1. The third kappa shape index (κ3) is 6.56. The number of rotatable bonds is 10. The van der Waals surface area contributed by atoms with Crippen LogP contribution >= 0.6 is 0 Å². The van der Waals surface area contributed by atoms with Crippen molar-refractivity contribution < 1.29 is 32.4 Å². The molecule has 0 aliphatic carbocycles. The van der Waals surface area contributed by atoms with Crippen LogP contribution in [0.3, 0.4) is 0 Å². The maximum absolute atomic E-state index is 14.1. The highest BCUT2D eigenvalue weighted by Crippen LogP contribution is 2.33. The first-order valence-corrected chi connectivity index (χ1v) is 13.0. The largest absolute Gasteiger partial charge is 0.497 e. The number of nitrogens with one attached hydrogen (secondary N) is 1. The van der Waals surface area contributed by atoms with Crippen LogP contribution in [0.4, 0.5) is 4.39 Å². The van der Waals surface area contributed by atoms with Gasteiger partial charge in [0, 0.05) is 34.8 Å². The van der Waals surface area contributed by atoms with Crippen LogP contribution in [0.25, 0.3) is 22.1 Å². The number of pyridine rings is 1. The van der Waals surface area contributed by atoms with Crippen molar-refractivity contribution in [2.75, 3.05) is 7.11 Å². The monoisotopic (exact) mass is 540 g/mol. The number of carboxylic acids is 1. The van der Waals surface area contributed by atoms with Gasteiger partial charge in [0.05, 0.1) is 41.5 Å². The van der Waals surface area contributed by atoms with Crippen molar-refractivity contribution in [2.24, 2.45) is 0 Å². The first-order chi connectivity index (χ1) is 18.0. The predicted octanol–water partition coefficient (Wildman–Crippen LogP) is 5.40. The maximum atomic E-state index is 14.1. The van der Waals surface area contributed by atoms with Crippen LogP contribution in [0, 0.1) is 6.01 Å². The highest BCUT2D eigenvalue weighted by atomic mass is 32.2. The van der Waals surface area contributed by atoms with Crippen molar-refractivity contribution in [1.82, 2.24) is 9.71 Å². The highest BCUT2D eigenvalue weighted by Gasteiger charge is 2.20. The first kappa shape index (κ1) is 27.3. The van der Waals surface area contributed by atoms with E-state index in [0.717, 1.165) is 11.1 Å². The summed E-state index contributed by atoms with van der Waals surface area (Å²) in [7, 11) is 0.256. The Bertz CT molecular complexity index is 1490. The normalized spacial score (nSPS) is 12.4. The number of methoxy groups -OCH3 is 1. The van der Waals surface area contributed by atoms with Gasteiger partial charge in [-0.2, -0.15) is 4.39 Å². The molecule has 2 heterocycles. The molecule has 200 valence electrons. The number of benzene rings is 2. The minimum atomic E-state index is -1.26. The van der Waals surface area contributed by atoms with Gasteiger partial charge in [0.2, 0.25) is 0 Å². The second-order valence-corrected chi connectivity index (χ2v) is 11.7. The summed E-state index contributed by atoms with van der Waals surface area (Å²) in [5, 5.41) is 9.81. The fourth-order valence-corrected chi connectivity index (χ4v) is 4.56. The van der Waals surface area contributed by atoms with Gasteiger partial charge in [0.25, 0.3) is 6.01 Å². The van der Waals surface area contributed by atoms with Crippen molar-refractivity contribution in [1.29, 1.82) is 0 Å². The number of aliphatic carboxylic acids is 1. The van der Waals surface area contributed by atoms with Crippen molar-refractivity contribution in [3.8, 4) is 22.6 Å². The summed E-state index contributed by atoms with van der Waals surface area (Å²) >= 11 is 0. The zero-order valence-corrected chi connectivity index (χ0v) is 22.4. The van der Waals surface area contributed by atoms with E-state index in [4.69, 9.17) is 13.9 Å². The zero-order valence-electron chi connectivity index (χ0n) is 21.5. The van der Waals surface area contributed by atoms with E-state index in [-0.39, 0.29) is 13.0 Å². The lowest BCUT2D eigenvalue weighted by atomic mass is 10.0. The third-order valence-electron chi connectivity index (χ3n) is 5.72. The summed E-state index contributed by atoms with van der Waals surface area (Å²) in [6.07, 6.45) is 1.43. The van der Waals surface area contributed by atoms with Gasteiger partial charge in [-0.1, -0.05) is 6.07 Å². The molecule has 10 heteroatoms.